The molecule has 0 atom stereocenters. The summed E-state index contributed by atoms with van der Waals surface area (Å²) in [6.07, 6.45) is 0. The number of ether oxygens (including phenoxy) is 1. The third kappa shape index (κ3) is 2.42. The molecule has 6 heteroatoms. The van der Waals surface area contributed by atoms with E-state index in [1.54, 1.807) is 18.2 Å². The number of hydrogen-bond acceptors (Lipinski definition) is 5. The van der Waals surface area contributed by atoms with Crippen LogP contribution < -0.4 is 4.74 Å². The summed E-state index contributed by atoms with van der Waals surface area (Å²) in [6, 6.07) is 14.6. The first-order chi connectivity index (χ1) is 11.6. The molecule has 0 saturated carbocycles. The van der Waals surface area contributed by atoms with Gasteiger partial charge in [0.15, 0.2) is 0 Å². The number of hydrogen-bond donors (Lipinski definition) is 0. The third-order valence-corrected chi connectivity index (χ3v) is 5.95. The molecule has 5 nitrogen and oxygen atoms in total. The fraction of sp³-hybridized carbons (Fsp3) is 0.167. The zero-order valence-electron chi connectivity index (χ0n) is 13.6. The molecule has 0 aliphatic heterocycles. The van der Waals surface area contributed by atoms with E-state index in [9.17, 15) is 9.36 Å². The minimum atomic E-state index is -3.75. The Morgan fingerprint density at radius 3 is 2.12 bits per heavy atom. The predicted octanol–water partition coefficient (Wildman–Crippen LogP) is 4.14. The Kier molecular flexibility index (Phi) is 4.41. The largest absolute Gasteiger partial charge is 0.496 e. The molecule has 0 unspecified atom stereocenters. The Bertz CT molecular complexity index is 862. The van der Waals surface area contributed by atoms with E-state index in [2.05, 4.69) is 0 Å². The highest BCUT2D eigenvalue weighted by Gasteiger charge is 2.44. The summed E-state index contributed by atoms with van der Waals surface area (Å²) in [5.74, 6) is 0.0352. The van der Waals surface area contributed by atoms with Crippen molar-refractivity contribution in [1.29, 1.82) is 0 Å². The molecular weight excluding hydrogens is 327 g/mol. The summed E-state index contributed by atoms with van der Waals surface area (Å²) in [5.41, 5.74) is 2.36. The molecule has 0 radical (unpaired) electrons. The van der Waals surface area contributed by atoms with Crippen molar-refractivity contribution in [2.45, 2.75) is 0 Å². The highest BCUT2D eigenvalue weighted by atomic mass is 31.2. The zero-order valence-corrected chi connectivity index (χ0v) is 14.5. The van der Waals surface area contributed by atoms with Gasteiger partial charge in [-0.3, -0.25) is 9.36 Å². The van der Waals surface area contributed by atoms with Crippen LogP contribution in [0.1, 0.15) is 21.5 Å². The summed E-state index contributed by atoms with van der Waals surface area (Å²) in [7, 11) is 0.293. The Morgan fingerprint density at radius 2 is 1.54 bits per heavy atom. The Labute approximate surface area is 140 Å². The zero-order chi connectivity index (χ0) is 17.3. The predicted molar refractivity (Wildman–Crippen MR) is 91.4 cm³/mol. The van der Waals surface area contributed by atoms with Crippen LogP contribution in [0.5, 0.6) is 5.75 Å². The van der Waals surface area contributed by atoms with E-state index in [-0.39, 0.29) is 5.31 Å². The molecule has 3 rings (SSSR count). The summed E-state index contributed by atoms with van der Waals surface area (Å²) in [5, 5.41) is 0.0400. The first-order valence-electron chi connectivity index (χ1n) is 7.31. The fourth-order valence-electron chi connectivity index (χ4n) is 2.92. The molecule has 0 amide bonds. The molecule has 0 saturated heterocycles. The molecular formula is C18H17O5P. The summed E-state index contributed by atoms with van der Waals surface area (Å²) in [6.45, 7) is 0. The quantitative estimate of drug-likeness (QED) is 0.763. The number of ketones is 1. The highest BCUT2D eigenvalue weighted by molar-refractivity contribution is 7.60. The van der Waals surface area contributed by atoms with E-state index in [1.165, 1.54) is 21.3 Å². The first kappa shape index (κ1) is 16.7. The Morgan fingerprint density at radius 1 is 0.875 bits per heavy atom. The van der Waals surface area contributed by atoms with Gasteiger partial charge in [0.2, 0.25) is 5.78 Å². The molecule has 2 aromatic carbocycles. The maximum atomic E-state index is 13.1. The number of methoxy groups -OCH3 is 1. The van der Waals surface area contributed by atoms with Crippen molar-refractivity contribution in [2.24, 2.45) is 0 Å². The van der Waals surface area contributed by atoms with Crippen molar-refractivity contribution in [1.82, 2.24) is 0 Å². The molecule has 0 aromatic heterocycles. The van der Waals surface area contributed by atoms with Gasteiger partial charge in [-0.2, -0.15) is 0 Å². The SMILES string of the molecule is COc1cccc2c1C(=O)C(P(=O)(OC)OC)=C2c1ccccc1. The van der Waals surface area contributed by atoms with Crippen LogP contribution >= 0.6 is 7.60 Å². The van der Waals surface area contributed by atoms with Gasteiger partial charge in [-0.15, -0.1) is 0 Å². The van der Waals surface area contributed by atoms with Crippen LogP contribution in [-0.2, 0) is 13.6 Å². The summed E-state index contributed by atoms with van der Waals surface area (Å²) < 4.78 is 28.6. The van der Waals surface area contributed by atoms with Crippen molar-refractivity contribution in [3.05, 3.63) is 70.5 Å². The normalized spacial score (nSPS) is 14.0. The molecule has 1 aliphatic rings. The second-order valence-electron chi connectivity index (χ2n) is 5.16. The van der Waals surface area contributed by atoms with E-state index < -0.39 is 13.4 Å². The minimum absolute atomic E-state index is 0.0400. The van der Waals surface area contributed by atoms with Crippen LogP contribution in [0.15, 0.2) is 53.8 Å². The summed E-state index contributed by atoms with van der Waals surface area (Å²) >= 11 is 0. The molecule has 0 N–H and O–H groups in total. The van der Waals surface area contributed by atoms with Crippen molar-refractivity contribution in [3.8, 4) is 5.75 Å². The number of carbonyl (C=O) groups excluding carboxylic acids is 1. The van der Waals surface area contributed by atoms with Crippen molar-refractivity contribution >= 4 is 19.0 Å². The second kappa shape index (κ2) is 6.36. The van der Waals surface area contributed by atoms with Gasteiger partial charge in [0, 0.05) is 19.8 Å². The van der Waals surface area contributed by atoms with Crippen molar-refractivity contribution in [2.75, 3.05) is 21.3 Å². The average Bonchev–Trinajstić information content (AvgIpc) is 2.95. The molecule has 2 aromatic rings. The molecule has 0 heterocycles. The topological polar surface area (TPSA) is 61.8 Å². The lowest BCUT2D eigenvalue weighted by Gasteiger charge is -2.16. The van der Waals surface area contributed by atoms with E-state index >= 15 is 0 Å². The lowest BCUT2D eigenvalue weighted by Crippen LogP contribution is -2.04. The van der Waals surface area contributed by atoms with Crippen LogP contribution in [-0.4, -0.2) is 27.1 Å². The third-order valence-electron chi connectivity index (χ3n) is 4.01. The van der Waals surface area contributed by atoms with E-state index in [0.717, 1.165) is 5.56 Å². The maximum absolute atomic E-state index is 13.1. The molecule has 0 spiro atoms. The molecule has 0 fully saturated rings. The second-order valence-corrected chi connectivity index (χ2v) is 7.34. The Balaban J connectivity index is 2.38. The number of benzene rings is 2. The van der Waals surface area contributed by atoms with Crippen molar-refractivity contribution in [3.63, 3.8) is 0 Å². The van der Waals surface area contributed by atoms with Gasteiger partial charge in [0.1, 0.15) is 11.1 Å². The number of fused-ring (bicyclic) bond motifs is 1. The van der Waals surface area contributed by atoms with Crippen LogP contribution in [0, 0.1) is 0 Å². The van der Waals surface area contributed by atoms with Crippen molar-refractivity contribution < 1.29 is 23.1 Å². The van der Waals surface area contributed by atoms with Crippen LogP contribution in [0.4, 0.5) is 0 Å². The van der Waals surface area contributed by atoms with Gasteiger partial charge in [0.05, 0.1) is 12.7 Å². The first-order valence-corrected chi connectivity index (χ1v) is 8.85. The number of allylic oxidation sites excluding steroid dienone is 1. The van der Waals surface area contributed by atoms with Gasteiger partial charge in [-0.1, -0.05) is 42.5 Å². The van der Waals surface area contributed by atoms with Gasteiger partial charge < -0.3 is 13.8 Å². The lowest BCUT2D eigenvalue weighted by atomic mass is 9.99. The molecule has 124 valence electrons. The van der Waals surface area contributed by atoms with E-state index in [1.807, 2.05) is 30.3 Å². The van der Waals surface area contributed by atoms with Gasteiger partial charge >= 0.3 is 7.60 Å². The van der Waals surface area contributed by atoms with Gasteiger partial charge in [-0.25, -0.2) is 0 Å². The van der Waals surface area contributed by atoms with Crippen LogP contribution in [0.25, 0.3) is 5.57 Å². The standard InChI is InChI=1S/C18H17O5P/c1-21-14-11-7-10-13-15(12-8-5-4-6-9-12)18(17(19)16(13)14)24(20,22-2)23-3/h4-11H,1-3H3. The van der Waals surface area contributed by atoms with E-state index in [4.69, 9.17) is 13.8 Å². The molecule has 1 aliphatic carbocycles. The van der Waals surface area contributed by atoms with E-state index in [0.29, 0.717) is 22.4 Å². The van der Waals surface area contributed by atoms with Gasteiger partial charge in [0.25, 0.3) is 0 Å². The monoisotopic (exact) mass is 344 g/mol. The summed E-state index contributed by atoms with van der Waals surface area (Å²) in [4.78, 5) is 13.1. The number of carbonyl (C=O) groups is 1. The van der Waals surface area contributed by atoms with Gasteiger partial charge in [-0.05, 0) is 17.2 Å². The van der Waals surface area contributed by atoms with Crippen LogP contribution in [0.3, 0.4) is 0 Å². The molecule has 24 heavy (non-hydrogen) atoms. The lowest BCUT2D eigenvalue weighted by molar-refractivity contribution is 0.103. The average molecular weight is 344 g/mol. The maximum Gasteiger partial charge on any atom is 0.365 e. The highest BCUT2D eigenvalue weighted by Crippen LogP contribution is 2.62. The number of rotatable bonds is 5. The fourth-order valence-corrected chi connectivity index (χ4v) is 4.32. The number of Topliss-reactive ketones (excluding diaryl/α,β-unsaturated/α-hetero) is 1. The minimum Gasteiger partial charge on any atom is -0.496 e. The van der Waals surface area contributed by atoms with Crippen LogP contribution in [0.2, 0.25) is 0 Å². The Hall–Kier alpha value is -2.20. The molecule has 0 bridgehead atoms. The smallest absolute Gasteiger partial charge is 0.365 e.